The van der Waals surface area contributed by atoms with Gasteiger partial charge in [-0.1, -0.05) is 42.1 Å². The smallest absolute Gasteiger partial charge is 0.872 e. The van der Waals surface area contributed by atoms with E-state index in [-0.39, 0.29) is 81.3 Å². The molecule has 0 atom stereocenters. The van der Waals surface area contributed by atoms with Crippen molar-refractivity contribution in [1.29, 1.82) is 0 Å². The van der Waals surface area contributed by atoms with Gasteiger partial charge in [-0.3, -0.25) is 9.11 Å². The van der Waals surface area contributed by atoms with E-state index in [4.69, 9.17) is 11.5 Å². The van der Waals surface area contributed by atoms with Crippen LogP contribution in [0, 0.1) is 20.8 Å². The number of benzene rings is 7. The van der Waals surface area contributed by atoms with Gasteiger partial charge in [0.05, 0.1) is 39.0 Å². The van der Waals surface area contributed by atoms with Crippen molar-refractivity contribution in [2.75, 3.05) is 11.5 Å². The van der Waals surface area contributed by atoms with Crippen LogP contribution in [0.5, 0.6) is 11.5 Å². The molecule has 7 rings (SSSR count). The maximum Gasteiger partial charge on any atom is 1.00 e. The summed E-state index contributed by atoms with van der Waals surface area (Å²) >= 11 is 0. The van der Waals surface area contributed by atoms with Crippen LogP contribution in [0.2, 0.25) is 0 Å². The first-order valence-electron chi connectivity index (χ1n) is 17.5. The standard InChI is InChI=1S/C41H34N8O8S2.2Na/c1-21-17-36(31(43)19-30(21)42)48-45-33-12-8-25(16-23(33)3)24-7-11-32(22(2)15-24)44-46-34-13-14-35(29-18-26(58(52,53)54)9-10-27(29)34)47-49-37-20-39(59(55,56)57)28-5-4-6-38(50)40(28)41(37)51;;/h4-20,50-51H,42-43H2,1-3H3,(H,52,53,54)(H,55,56,57);;/q;2*+1/p-2. The number of hydrogen-bond acceptors (Lipinski definition) is 14. The number of aryl methyl sites for hydroxylation is 3. The van der Waals surface area contributed by atoms with E-state index in [1.54, 1.807) is 18.2 Å². The zero-order valence-electron chi connectivity index (χ0n) is 33.3. The number of azo groups is 3. The summed E-state index contributed by atoms with van der Waals surface area (Å²) in [4.78, 5) is -1.20. The molecular formula is C41H32N8Na2O8S2. The summed E-state index contributed by atoms with van der Waals surface area (Å²) in [5.74, 6) is -1.74. The second-order valence-electron chi connectivity index (χ2n) is 13.5. The summed E-state index contributed by atoms with van der Waals surface area (Å²) in [5, 5.41) is 51.0. The molecule has 0 heterocycles. The Balaban J connectivity index is 0.00000352. The largest absolute Gasteiger partial charge is 1.00 e. The molecule has 0 aliphatic rings. The van der Waals surface area contributed by atoms with Crippen LogP contribution in [0.25, 0.3) is 32.7 Å². The Labute approximate surface area is 394 Å². The summed E-state index contributed by atoms with van der Waals surface area (Å²) in [6.07, 6.45) is 0. The molecule has 0 aliphatic carbocycles. The van der Waals surface area contributed by atoms with Crippen LogP contribution < -0.4 is 80.8 Å². The van der Waals surface area contributed by atoms with E-state index in [0.717, 1.165) is 52.1 Å². The molecule has 0 amide bonds. The molecule has 0 fully saturated rings. The van der Waals surface area contributed by atoms with Gasteiger partial charge in [-0.25, -0.2) is 0 Å². The van der Waals surface area contributed by atoms with Crippen molar-refractivity contribution in [3.05, 3.63) is 120 Å². The number of fused-ring (bicyclic) bond motifs is 2. The van der Waals surface area contributed by atoms with E-state index in [9.17, 15) is 36.2 Å². The van der Waals surface area contributed by atoms with Crippen LogP contribution in [0.3, 0.4) is 0 Å². The SMILES string of the molecule is Cc1cc(N=Nc2ccc(-c3ccc(N=Nc4ccc(N=Nc5cc(S(=O)(=O)O)c6cccc([O-])c6c5[O-])c5cc(S(=O)(=O)O)ccc45)c(C)c3)cc2C)c(N)cc1N.[Na+].[Na+]. The van der Waals surface area contributed by atoms with Crippen LogP contribution in [0.4, 0.5) is 45.5 Å². The predicted octanol–water partition coefficient (Wildman–Crippen LogP) is 3.64. The molecule has 16 nitrogen and oxygen atoms in total. The van der Waals surface area contributed by atoms with Gasteiger partial charge in [0.25, 0.3) is 20.2 Å². The average molecular weight is 875 g/mol. The monoisotopic (exact) mass is 874 g/mol. The third-order valence-electron chi connectivity index (χ3n) is 9.48. The van der Waals surface area contributed by atoms with Gasteiger partial charge in [-0.2, -0.15) is 32.2 Å². The Morgan fingerprint density at radius 2 is 1.02 bits per heavy atom. The Morgan fingerprint density at radius 1 is 0.492 bits per heavy atom. The van der Waals surface area contributed by atoms with Gasteiger partial charge in [-0.05, 0) is 121 Å². The fourth-order valence-corrected chi connectivity index (χ4v) is 7.53. The minimum Gasteiger partial charge on any atom is -0.872 e. The summed E-state index contributed by atoms with van der Waals surface area (Å²) in [7, 11) is -9.59. The van der Waals surface area contributed by atoms with Crippen LogP contribution in [0.1, 0.15) is 16.7 Å². The van der Waals surface area contributed by atoms with E-state index in [1.807, 2.05) is 51.1 Å². The topological polar surface area (TPSA) is 281 Å². The Hall–Kier alpha value is -5.12. The van der Waals surface area contributed by atoms with Gasteiger partial charge < -0.3 is 21.7 Å². The third-order valence-corrected chi connectivity index (χ3v) is 11.2. The predicted molar refractivity (Wildman–Crippen MR) is 220 cm³/mol. The summed E-state index contributed by atoms with van der Waals surface area (Å²) in [5.41, 5.74) is 18.8. The quantitative estimate of drug-likeness (QED) is 0.0707. The first-order chi connectivity index (χ1) is 27.9. The number of rotatable bonds is 9. The minimum atomic E-state index is -4.91. The first-order valence-corrected chi connectivity index (χ1v) is 20.3. The molecule has 0 spiro atoms. The average Bonchev–Trinajstić information content (AvgIpc) is 3.17. The molecular weight excluding hydrogens is 843 g/mol. The van der Waals surface area contributed by atoms with Gasteiger partial charge in [0, 0.05) is 21.8 Å². The van der Waals surface area contributed by atoms with E-state index < -0.39 is 52.6 Å². The van der Waals surface area contributed by atoms with Gasteiger partial charge in [0.1, 0.15) is 10.6 Å². The first kappa shape index (κ1) is 46.9. The fraction of sp³-hybridized carbons (Fsp3) is 0.0732. The van der Waals surface area contributed by atoms with E-state index in [0.29, 0.717) is 33.8 Å². The number of nitrogens with zero attached hydrogens (tertiary/aromatic N) is 6. The number of hydrogen-bond donors (Lipinski definition) is 4. The number of anilines is 2. The molecule has 0 aliphatic heterocycles. The molecule has 298 valence electrons. The number of nitrogens with two attached hydrogens (primary N) is 2. The van der Waals surface area contributed by atoms with Crippen molar-refractivity contribution in [1.82, 2.24) is 0 Å². The van der Waals surface area contributed by atoms with Crippen molar-refractivity contribution in [2.45, 2.75) is 30.6 Å². The molecule has 0 bridgehead atoms. The molecule has 20 heteroatoms. The van der Waals surface area contributed by atoms with Crippen molar-refractivity contribution in [3.8, 4) is 22.6 Å². The Kier molecular flexibility index (Phi) is 14.2. The van der Waals surface area contributed by atoms with Crippen LogP contribution >= 0.6 is 0 Å². The molecule has 0 saturated heterocycles. The molecule has 7 aromatic rings. The maximum absolute atomic E-state index is 13.2. The van der Waals surface area contributed by atoms with Crippen molar-refractivity contribution in [2.24, 2.45) is 30.7 Å². The molecule has 7 aromatic carbocycles. The fourth-order valence-electron chi connectivity index (χ4n) is 6.32. The Bertz CT molecular complexity index is 3220. The van der Waals surface area contributed by atoms with Crippen LogP contribution in [-0.4, -0.2) is 25.9 Å². The van der Waals surface area contributed by atoms with Crippen LogP contribution in [0.15, 0.2) is 144 Å². The molecule has 0 saturated carbocycles. The minimum absolute atomic E-state index is 0. The van der Waals surface area contributed by atoms with Crippen molar-refractivity contribution < 1.29 is 95.3 Å². The molecule has 0 unspecified atom stereocenters. The van der Waals surface area contributed by atoms with E-state index in [2.05, 4.69) is 30.7 Å². The zero-order chi connectivity index (χ0) is 42.4. The molecule has 6 N–H and O–H groups in total. The van der Waals surface area contributed by atoms with E-state index in [1.165, 1.54) is 30.3 Å². The summed E-state index contributed by atoms with van der Waals surface area (Å²) in [6.45, 7) is 5.66. The van der Waals surface area contributed by atoms with Crippen LogP contribution in [-0.2, 0) is 20.2 Å². The zero-order valence-corrected chi connectivity index (χ0v) is 38.9. The normalized spacial score (nSPS) is 12.1. The maximum atomic E-state index is 13.2. The van der Waals surface area contributed by atoms with Crippen molar-refractivity contribution in [3.63, 3.8) is 0 Å². The third kappa shape index (κ3) is 10.00. The molecule has 0 aromatic heterocycles. The second kappa shape index (κ2) is 18.5. The number of nitrogen functional groups attached to an aromatic ring is 2. The van der Waals surface area contributed by atoms with Crippen molar-refractivity contribution >= 4 is 87.3 Å². The Morgan fingerprint density at radius 3 is 1.57 bits per heavy atom. The second-order valence-corrected chi connectivity index (χ2v) is 16.3. The van der Waals surface area contributed by atoms with Gasteiger partial charge in [0.15, 0.2) is 0 Å². The summed E-state index contributed by atoms with van der Waals surface area (Å²) < 4.78 is 68.2. The van der Waals surface area contributed by atoms with Gasteiger partial charge in [-0.15, -0.1) is 21.1 Å². The molecule has 61 heavy (non-hydrogen) atoms. The van der Waals surface area contributed by atoms with E-state index >= 15 is 0 Å². The van der Waals surface area contributed by atoms with Gasteiger partial charge in [0.2, 0.25) is 0 Å². The molecule has 0 radical (unpaired) electrons. The van der Waals surface area contributed by atoms with Gasteiger partial charge >= 0.3 is 59.1 Å². The summed E-state index contributed by atoms with van der Waals surface area (Å²) in [6, 6.07) is 25.7.